The Hall–Kier alpha value is -2.19. The van der Waals surface area contributed by atoms with Crippen molar-refractivity contribution in [3.8, 4) is 5.69 Å². The van der Waals surface area contributed by atoms with Crippen LogP contribution in [0.5, 0.6) is 0 Å². The number of thiazole rings is 1. The monoisotopic (exact) mass is 377 g/mol. The Morgan fingerprint density at radius 2 is 1.96 bits per heavy atom. The topological polar surface area (TPSA) is 77.6 Å². The molecule has 25 heavy (non-hydrogen) atoms. The summed E-state index contributed by atoms with van der Waals surface area (Å²) in [6, 6.07) is 5.18. The number of ether oxygens (including phenoxy) is 1. The number of carbonyl (C=O) groups excluding carboxylic acids is 2. The number of esters is 1. The van der Waals surface area contributed by atoms with Gasteiger partial charge in [0.15, 0.2) is 3.95 Å². The predicted molar refractivity (Wildman–Crippen MR) is 100 cm³/mol. The molecule has 0 atom stereocenters. The fourth-order valence-corrected chi connectivity index (χ4v) is 4.25. The van der Waals surface area contributed by atoms with Crippen LogP contribution in [0.3, 0.4) is 0 Å². The minimum atomic E-state index is -0.435. The van der Waals surface area contributed by atoms with Gasteiger partial charge in [0.05, 0.1) is 18.4 Å². The number of benzene rings is 1. The van der Waals surface area contributed by atoms with Crippen molar-refractivity contribution in [3.05, 3.63) is 38.2 Å². The van der Waals surface area contributed by atoms with Crippen molar-refractivity contribution in [2.75, 3.05) is 25.9 Å². The summed E-state index contributed by atoms with van der Waals surface area (Å²) in [4.78, 5) is 26.8. The number of aromatic nitrogens is 1. The Balaban J connectivity index is 2.08. The fourth-order valence-electron chi connectivity index (χ4n) is 2.93. The molecule has 1 aliphatic heterocycles. The molecule has 1 amide bonds. The standard InChI is InChI=1S/C17H19N3O3S2/c1-10-5-6-11(16(22)23-2)9-12(10)20-14(18)13(25-17(20)24)15(21)19-7-3-4-8-19/h5-6,9H,3-4,7-8,18H2,1-2H3. The number of carbonyl (C=O) groups is 2. The van der Waals surface area contributed by atoms with E-state index >= 15 is 0 Å². The first kappa shape index (κ1) is 17.6. The van der Waals surface area contributed by atoms with E-state index in [-0.39, 0.29) is 5.91 Å². The zero-order valence-electron chi connectivity index (χ0n) is 14.1. The lowest BCUT2D eigenvalue weighted by atomic mass is 10.1. The van der Waals surface area contributed by atoms with Gasteiger partial charge in [-0.15, -0.1) is 0 Å². The van der Waals surface area contributed by atoms with Gasteiger partial charge >= 0.3 is 5.97 Å². The van der Waals surface area contributed by atoms with E-state index in [1.165, 1.54) is 18.4 Å². The largest absolute Gasteiger partial charge is 0.465 e. The highest BCUT2D eigenvalue weighted by molar-refractivity contribution is 7.73. The number of methoxy groups -OCH3 is 1. The van der Waals surface area contributed by atoms with Crippen molar-refractivity contribution in [2.24, 2.45) is 0 Å². The molecule has 0 bridgehead atoms. The Bertz CT molecular complexity index is 895. The molecule has 1 aliphatic rings. The maximum absolute atomic E-state index is 12.7. The molecule has 0 radical (unpaired) electrons. The molecule has 0 aliphatic carbocycles. The molecule has 3 rings (SSSR count). The first-order valence-corrected chi connectivity index (χ1v) is 9.16. The Morgan fingerprint density at radius 3 is 2.60 bits per heavy atom. The van der Waals surface area contributed by atoms with Gasteiger partial charge in [-0.05, 0) is 49.7 Å². The highest BCUT2D eigenvalue weighted by Gasteiger charge is 2.25. The van der Waals surface area contributed by atoms with E-state index in [9.17, 15) is 9.59 Å². The van der Waals surface area contributed by atoms with Crippen LogP contribution in [0.25, 0.3) is 5.69 Å². The van der Waals surface area contributed by atoms with Crippen molar-refractivity contribution >= 4 is 41.2 Å². The van der Waals surface area contributed by atoms with Crippen molar-refractivity contribution < 1.29 is 14.3 Å². The summed E-state index contributed by atoms with van der Waals surface area (Å²) in [7, 11) is 1.33. The third-order valence-corrected chi connectivity index (χ3v) is 5.68. The molecule has 1 saturated heterocycles. The molecule has 2 heterocycles. The number of hydrogen-bond acceptors (Lipinski definition) is 6. The number of nitrogens with zero attached hydrogens (tertiary/aromatic N) is 2. The van der Waals surface area contributed by atoms with Gasteiger partial charge in [0.1, 0.15) is 10.7 Å². The molecular weight excluding hydrogens is 358 g/mol. The SMILES string of the molecule is COC(=O)c1ccc(C)c(-n2c(N)c(C(=O)N3CCCC3)sc2=S)c1. The summed E-state index contributed by atoms with van der Waals surface area (Å²) in [5.41, 5.74) is 8.26. The first-order valence-electron chi connectivity index (χ1n) is 7.94. The Kier molecular flexibility index (Phi) is 4.91. The zero-order valence-corrected chi connectivity index (χ0v) is 15.7. The van der Waals surface area contributed by atoms with E-state index < -0.39 is 5.97 Å². The second-order valence-electron chi connectivity index (χ2n) is 5.91. The number of amides is 1. The molecule has 6 nitrogen and oxygen atoms in total. The zero-order chi connectivity index (χ0) is 18.1. The van der Waals surface area contributed by atoms with Crippen LogP contribution < -0.4 is 5.73 Å². The van der Waals surface area contributed by atoms with Gasteiger partial charge < -0.3 is 15.4 Å². The second kappa shape index (κ2) is 6.97. The molecule has 1 aromatic heterocycles. The summed E-state index contributed by atoms with van der Waals surface area (Å²) in [6.45, 7) is 3.40. The molecule has 0 saturated carbocycles. The van der Waals surface area contributed by atoms with Crippen molar-refractivity contribution in [1.82, 2.24) is 9.47 Å². The molecular formula is C17H19N3O3S2. The number of nitrogens with two attached hydrogens (primary N) is 1. The number of anilines is 1. The van der Waals surface area contributed by atoms with Crippen molar-refractivity contribution in [1.29, 1.82) is 0 Å². The van der Waals surface area contributed by atoms with E-state index in [2.05, 4.69) is 0 Å². The van der Waals surface area contributed by atoms with E-state index in [4.69, 9.17) is 22.7 Å². The highest BCUT2D eigenvalue weighted by Crippen LogP contribution is 2.30. The van der Waals surface area contributed by atoms with Gasteiger partial charge in [0, 0.05) is 13.1 Å². The molecule has 0 unspecified atom stereocenters. The van der Waals surface area contributed by atoms with Gasteiger partial charge in [-0.1, -0.05) is 17.4 Å². The average Bonchev–Trinajstić information content (AvgIpc) is 3.23. The van der Waals surface area contributed by atoms with E-state index in [1.807, 2.05) is 13.0 Å². The van der Waals surface area contributed by atoms with Gasteiger partial charge in [0.25, 0.3) is 5.91 Å². The summed E-state index contributed by atoms with van der Waals surface area (Å²) in [6.07, 6.45) is 2.02. The smallest absolute Gasteiger partial charge is 0.337 e. The fraction of sp³-hybridized carbons (Fsp3) is 0.353. The highest BCUT2D eigenvalue weighted by atomic mass is 32.1. The lowest BCUT2D eigenvalue weighted by Crippen LogP contribution is -2.27. The number of likely N-dealkylation sites (tertiary alicyclic amines) is 1. The van der Waals surface area contributed by atoms with Gasteiger partial charge in [-0.2, -0.15) is 0 Å². The third kappa shape index (κ3) is 3.19. The molecule has 2 N–H and O–H groups in total. The number of nitrogen functional groups attached to an aromatic ring is 1. The van der Waals surface area contributed by atoms with E-state index in [0.29, 0.717) is 25.9 Å². The van der Waals surface area contributed by atoms with Gasteiger partial charge in [-0.3, -0.25) is 9.36 Å². The van der Waals surface area contributed by atoms with Gasteiger partial charge in [0.2, 0.25) is 0 Å². The lowest BCUT2D eigenvalue weighted by molar-refractivity contribution is 0.0600. The number of hydrogen-bond donors (Lipinski definition) is 1. The molecule has 2 aromatic rings. The quantitative estimate of drug-likeness (QED) is 0.657. The number of rotatable bonds is 3. The van der Waals surface area contributed by atoms with Crippen LogP contribution in [0.2, 0.25) is 0 Å². The van der Waals surface area contributed by atoms with E-state index in [1.54, 1.807) is 21.6 Å². The molecule has 132 valence electrons. The molecule has 1 aromatic carbocycles. The maximum Gasteiger partial charge on any atom is 0.337 e. The average molecular weight is 377 g/mol. The maximum atomic E-state index is 12.7. The summed E-state index contributed by atoms with van der Waals surface area (Å²) in [5, 5.41) is 0. The number of aryl methyl sites for hydroxylation is 1. The molecule has 0 spiro atoms. The van der Waals surface area contributed by atoms with Crippen LogP contribution in [-0.2, 0) is 4.74 Å². The summed E-state index contributed by atoms with van der Waals surface area (Å²) in [5.74, 6) is -0.196. The van der Waals surface area contributed by atoms with Crippen molar-refractivity contribution in [2.45, 2.75) is 19.8 Å². The molecule has 8 heteroatoms. The Labute approximate surface area is 154 Å². The third-order valence-electron chi connectivity index (χ3n) is 4.30. The minimum Gasteiger partial charge on any atom is -0.465 e. The van der Waals surface area contributed by atoms with E-state index in [0.717, 1.165) is 31.5 Å². The minimum absolute atomic E-state index is 0.0772. The second-order valence-corrected chi connectivity index (χ2v) is 7.55. The Morgan fingerprint density at radius 1 is 1.28 bits per heavy atom. The predicted octanol–water partition coefficient (Wildman–Crippen LogP) is 3.18. The van der Waals surface area contributed by atoms with Crippen molar-refractivity contribution in [3.63, 3.8) is 0 Å². The van der Waals surface area contributed by atoms with Crippen LogP contribution in [0.15, 0.2) is 18.2 Å². The first-order chi connectivity index (χ1) is 11.9. The van der Waals surface area contributed by atoms with Crippen LogP contribution in [0, 0.1) is 10.9 Å². The lowest BCUT2D eigenvalue weighted by Gasteiger charge is -2.15. The van der Waals surface area contributed by atoms with Crippen LogP contribution in [0.1, 0.15) is 38.4 Å². The van der Waals surface area contributed by atoms with Gasteiger partial charge in [-0.25, -0.2) is 4.79 Å². The van der Waals surface area contributed by atoms with Crippen LogP contribution in [-0.4, -0.2) is 41.5 Å². The summed E-state index contributed by atoms with van der Waals surface area (Å²) >= 11 is 6.65. The molecule has 1 fully saturated rings. The van der Waals surface area contributed by atoms with Crippen LogP contribution in [0.4, 0.5) is 5.82 Å². The summed E-state index contributed by atoms with van der Waals surface area (Å²) < 4.78 is 6.91. The van der Waals surface area contributed by atoms with Crippen LogP contribution >= 0.6 is 23.6 Å². The normalized spacial score (nSPS) is 13.9.